The third-order valence-corrected chi connectivity index (χ3v) is 4.07. The molecule has 0 bridgehead atoms. The van der Waals surface area contributed by atoms with Crippen LogP contribution in [0.4, 0.5) is 0 Å². The number of rotatable bonds is 5. The van der Waals surface area contributed by atoms with E-state index in [0.29, 0.717) is 38.3 Å². The summed E-state index contributed by atoms with van der Waals surface area (Å²) in [6.07, 6.45) is 0. The number of Topliss-reactive ketones (excluding diaryl/α,β-unsaturated/α-hetero) is 2. The Balaban J connectivity index is 2.14. The molecule has 0 unspecified atom stereocenters. The molecule has 0 aliphatic heterocycles. The Bertz CT molecular complexity index is 750. The Morgan fingerprint density at radius 3 is 2.41 bits per heavy atom. The molecule has 1 N–H and O–H groups in total. The normalized spacial score (nSPS) is 10.6. The first-order valence-electron chi connectivity index (χ1n) is 6.62. The lowest BCUT2D eigenvalue weighted by atomic mass is 10.1. The van der Waals surface area contributed by atoms with Crippen LogP contribution in [0, 0.1) is 13.8 Å². The summed E-state index contributed by atoms with van der Waals surface area (Å²) in [6.45, 7) is 4.83. The zero-order valence-electron chi connectivity index (χ0n) is 12.4. The van der Waals surface area contributed by atoms with E-state index < -0.39 is 0 Å². The highest BCUT2D eigenvalue weighted by atomic mass is 35.5. The highest BCUT2D eigenvalue weighted by Gasteiger charge is 2.20. The van der Waals surface area contributed by atoms with Gasteiger partial charge in [0.25, 0.3) is 0 Å². The van der Waals surface area contributed by atoms with E-state index in [1.807, 2.05) is 0 Å². The molecule has 116 valence electrons. The van der Waals surface area contributed by atoms with Gasteiger partial charge >= 0.3 is 0 Å². The quantitative estimate of drug-likeness (QED) is 0.821. The minimum atomic E-state index is -0.237. The third kappa shape index (κ3) is 3.34. The van der Waals surface area contributed by atoms with E-state index in [1.165, 1.54) is 6.92 Å². The average molecular weight is 340 g/mol. The number of hydrogen-bond donors (Lipinski definition) is 1. The van der Waals surface area contributed by atoms with Gasteiger partial charge in [0, 0.05) is 17.3 Å². The van der Waals surface area contributed by atoms with Crippen LogP contribution in [0.1, 0.15) is 39.0 Å². The topological polar surface area (TPSA) is 59.2 Å². The lowest BCUT2D eigenvalue weighted by Gasteiger charge is -2.06. The van der Waals surface area contributed by atoms with Crippen LogP contribution in [0.2, 0.25) is 10.0 Å². The predicted octanol–water partition coefficient (Wildman–Crippen LogP) is 4.40. The molecule has 0 fully saturated rings. The van der Waals surface area contributed by atoms with Crippen molar-refractivity contribution in [1.29, 1.82) is 0 Å². The Hall–Kier alpha value is -1.78. The Morgan fingerprint density at radius 2 is 1.86 bits per heavy atom. The summed E-state index contributed by atoms with van der Waals surface area (Å²) in [5.74, 6) is 0.144. The van der Waals surface area contributed by atoms with E-state index in [1.54, 1.807) is 32.0 Å². The second-order valence-corrected chi connectivity index (χ2v) is 5.78. The molecule has 1 aromatic carbocycles. The second-order valence-electron chi connectivity index (χ2n) is 4.97. The van der Waals surface area contributed by atoms with Crippen molar-refractivity contribution in [2.75, 3.05) is 6.61 Å². The molecule has 1 heterocycles. The van der Waals surface area contributed by atoms with Crippen LogP contribution in [0.5, 0.6) is 5.75 Å². The largest absolute Gasteiger partial charge is 0.485 e. The number of nitrogens with one attached hydrogen (secondary N) is 1. The van der Waals surface area contributed by atoms with Crippen LogP contribution in [-0.4, -0.2) is 23.2 Å². The van der Waals surface area contributed by atoms with Gasteiger partial charge in [-0.15, -0.1) is 0 Å². The molecule has 0 saturated heterocycles. The monoisotopic (exact) mass is 339 g/mol. The molecular weight excluding hydrogens is 325 g/mol. The highest BCUT2D eigenvalue weighted by molar-refractivity contribution is 6.42. The van der Waals surface area contributed by atoms with Crippen LogP contribution < -0.4 is 4.74 Å². The minimum absolute atomic E-state index is 0.0734. The fourth-order valence-electron chi connectivity index (χ4n) is 2.34. The first kappa shape index (κ1) is 16.6. The number of aromatic amines is 1. The van der Waals surface area contributed by atoms with Gasteiger partial charge in [0.15, 0.2) is 12.4 Å². The molecule has 0 amide bonds. The zero-order valence-corrected chi connectivity index (χ0v) is 13.9. The van der Waals surface area contributed by atoms with Crippen molar-refractivity contribution in [3.05, 3.63) is 50.8 Å². The summed E-state index contributed by atoms with van der Waals surface area (Å²) < 4.78 is 5.43. The maximum atomic E-state index is 12.3. The Kier molecular flexibility index (Phi) is 4.94. The summed E-state index contributed by atoms with van der Waals surface area (Å²) in [5.41, 5.74) is 2.27. The smallest absolute Gasteiger partial charge is 0.216 e. The van der Waals surface area contributed by atoms with Crippen LogP contribution in [0.15, 0.2) is 18.2 Å². The molecule has 0 aliphatic carbocycles. The maximum absolute atomic E-state index is 12.3. The van der Waals surface area contributed by atoms with E-state index in [9.17, 15) is 9.59 Å². The lowest BCUT2D eigenvalue weighted by molar-refractivity contribution is 0.0916. The van der Waals surface area contributed by atoms with Gasteiger partial charge in [0.05, 0.1) is 15.7 Å². The average Bonchev–Trinajstić information content (AvgIpc) is 2.75. The first-order valence-corrected chi connectivity index (χ1v) is 7.38. The summed E-state index contributed by atoms with van der Waals surface area (Å²) in [5, 5.41) is 0.777. The van der Waals surface area contributed by atoms with Crippen LogP contribution in [0.3, 0.4) is 0 Å². The van der Waals surface area contributed by atoms with Gasteiger partial charge in [-0.3, -0.25) is 9.59 Å². The second kappa shape index (κ2) is 6.55. The number of benzene rings is 1. The Labute approximate surface area is 138 Å². The minimum Gasteiger partial charge on any atom is -0.485 e. The van der Waals surface area contributed by atoms with Crippen molar-refractivity contribution >= 4 is 34.8 Å². The summed E-state index contributed by atoms with van der Waals surface area (Å²) in [6, 6.07) is 4.78. The number of carbonyl (C=O) groups is 2. The number of hydrogen-bond acceptors (Lipinski definition) is 3. The van der Waals surface area contributed by atoms with Gasteiger partial charge in [-0.2, -0.15) is 0 Å². The summed E-state index contributed by atoms with van der Waals surface area (Å²) in [7, 11) is 0. The SMILES string of the molecule is CC(=O)c1c(C)[nH]c(C(=O)COc2ccc(Cl)c(Cl)c2)c1C. The molecule has 0 aliphatic rings. The molecule has 6 heteroatoms. The zero-order chi connectivity index (χ0) is 16.4. The van der Waals surface area contributed by atoms with E-state index in [-0.39, 0.29) is 18.2 Å². The standard InChI is InChI=1S/C16H15Cl2NO3/c1-8-15(10(3)20)9(2)19-16(8)14(21)7-22-11-4-5-12(17)13(18)6-11/h4-6,19H,7H2,1-3H3. The number of aryl methyl sites for hydroxylation is 1. The van der Waals surface area contributed by atoms with Gasteiger partial charge in [-0.05, 0) is 38.5 Å². The van der Waals surface area contributed by atoms with Crippen molar-refractivity contribution in [1.82, 2.24) is 4.98 Å². The Morgan fingerprint density at radius 1 is 1.18 bits per heavy atom. The number of H-pyrrole nitrogens is 1. The molecule has 2 aromatic rings. The van der Waals surface area contributed by atoms with Crippen LogP contribution in [-0.2, 0) is 0 Å². The van der Waals surface area contributed by atoms with Crippen LogP contribution >= 0.6 is 23.2 Å². The molecule has 1 aromatic heterocycles. The van der Waals surface area contributed by atoms with Crippen molar-refractivity contribution in [3.8, 4) is 5.75 Å². The van der Waals surface area contributed by atoms with Crippen molar-refractivity contribution in [2.45, 2.75) is 20.8 Å². The van der Waals surface area contributed by atoms with E-state index in [4.69, 9.17) is 27.9 Å². The van der Waals surface area contributed by atoms with E-state index in [2.05, 4.69) is 4.98 Å². The van der Waals surface area contributed by atoms with Gasteiger partial charge in [-0.1, -0.05) is 23.2 Å². The van der Waals surface area contributed by atoms with Gasteiger partial charge in [-0.25, -0.2) is 0 Å². The summed E-state index contributed by atoms with van der Waals surface area (Å²) in [4.78, 5) is 26.8. The van der Waals surface area contributed by atoms with Crippen molar-refractivity contribution in [3.63, 3.8) is 0 Å². The molecule has 4 nitrogen and oxygen atoms in total. The summed E-state index contributed by atoms with van der Waals surface area (Å²) >= 11 is 11.7. The molecule has 0 saturated carbocycles. The molecule has 0 spiro atoms. The number of ketones is 2. The molecule has 0 atom stereocenters. The molecule has 2 rings (SSSR count). The van der Waals surface area contributed by atoms with Crippen LogP contribution in [0.25, 0.3) is 0 Å². The third-order valence-electron chi connectivity index (χ3n) is 3.33. The van der Waals surface area contributed by atoms with E-state index >= 15 is 0 Å². The van der Waals surface area contributed by atoms with Crippen molar-refractivity contribution < 1.29 is 14.3 Å². The van der Waals surface area contributed by atoms with E-state index in [0.717, 1.165) is 0 Å². The fourth-order valence-corrected chi connectivity index (χ4v) is 2.63. The van der Waals surface area contributed by atoms with Crippen molar-refractivity contribution in [2.24, 2.45) is 0 Å². The molecule has 0 radical (unpaired) electrons. The number of aromatic nitrogens is 1. The number of carbonyl (C=O) groups excluding carboxylic acids is 2. The first-order chi connectivity index (χ1) is 10.3. The van der Waals surface area contributed by atoms with Gasteiger partial charge in [0.2, 0.25) is 5.78 Å². The predicted molar refractivity (Wildman–Crippen MR) is 86.6 cm³/mol. The molecule has 22 heavy (non-hydrogen) atoms. The lowest BCUT2D eigenvalue weighted by Crippen LogP contribution is -2.13. The number of halogens is 2. The van der Waals surface area contributed by atoms with Gasteiger partial charge in [0.1, 0.15) is 5.75 Å². The fraction of sp³-hybridized carbons (Fsp3) is 0.250. The highest BCUT2D eigenvalue weighted by Crippen LogP contribution is 2.26. The van der Waals surface area contributed by atoms with Gasteiger partial charge < -0.3 is 9.72 Å². The number of ether oxygens (including phenoxy) is 1. The molecular formula is C16H15Cl2NO3. The maximum Gasteiger partial charge on any atom is 0.216 e.